The van der Waals surface area contributed by atoms with Gasteiger partial charge in [-0.15, -0.1) is 11.3 Å². The Morgan fingerprint density at radius 3 is 2.09 bits per heavy atom. The molecule has 114 valence electrons. The van der Waals surface area contributed by atoms with Gasteiger partial charge in [0.1, 0.15) is 0 Å². The van der Waals surface area contributed by atoms with Crippen molar-refractivity contribution < 1.29 is 9.59 Å². The fourth-order valence-corrected chi connectivity index (χ4v) is 5.31. The van der Waals surface area contributed by atoms with E-state index in [2.05, 4.69) is 27.3 Å². The number of allylic oxidation sites excluding steroid dienone is 4. The van der Waals surface area contributed by atoms with Crippen molar-refractivity contribution in [1.82, 2.24) is 5.32 Å². The molecule has 0 saturated carbocycles. The first kappa shape index (κ1) is 14.4. The van der Waals surface area contributed by atoms with Crippen LogP contribution in [0.3, 0.4) is 0 Å². The van der Waals surface area contributed by atoms with Crippen LogP contribution < -0.4 is 5.32 Å². The van der Waals surface area contributed by atoms with E-state index >= 15 is 0 Å². The molecule has 1 aromatic heterocycles. The maximum absolute atomic E-state index is 12.6. The third-order valence-electron chi connectivity index (χ3n) is 4.66. The molecule has 0 unspecified atom stereocenters. The Morgan fingerprint density at radius 2 is 1.59 bits per heavy atom. The lowest BCUT2D eigenvalue weighted by molar-refractivity contribution is -0.116. The van der Waals surface area contributed by atoms with Crippen LogP contribution >= 0.6 is 27.3 Å². The minimum Gasteiger partial charge on any atom is -0.362 e. The highest BCUT2D eigenvalue weighted by Gasteiger charge is 2.40. The topological polar surface area (TPSA) is 46.2 Å². The van der Waals surface area contributed by atoms with Gasteiger partial charge in [0.25, 0.3) is 0 Å². The fraction of sp³-hybridized carbons (Fsp3) is 0.412. The van der Waals surface area contributed by atoms with Gasteiger partial charge < -0.3 is 5.32 Å². The second-order valence-corrected chi connectivity index (χ2v) is 7.92. The molecule has 1 aliphatic heterocycles. The zero-order chi connectivity index (χ0) is 15.3. The smallest absolute Gasteiger partial charge is 0.161 e. The minimum atomic E-state index is -0.150. The number of Topliss-reactive ketones (excluding diaryl/α,β-unsaturated/α-hetero) is 2. The molecule has 22 heavy (non-hydrogen) atoms. The molecule has 0 fully saturated rings. The van der Waals surface area contributed by atoms with Crippen LogP contribution in [0.2, 0.25) is 0 Å². The number of halogens is 1. The van der Waals surface area contributed by atoms with Crippen molar-refractivity contribution >= 4 is 38.8 Å². The molecule has 0 saturated heterocycles. The van der Waals surface area contributed by atoms with E-state index in [9.17, 15) is 9.59 Å². The first-order valence-electron chi connectivity index (χ1n) is 7.68. The zero-order valence-corrected chi connectivity index (χ0v) is 14.5. The van der Waals surface area contributed by atoms with E-state index in [0.29, 0.717) is 12.8 Å². The van der Waals surface area contributed by atoms with Gasteiger partial charge in [-0.05, 0) is 47.7 Å². The van der Waals surface area contributed by atoms with Crippen molar-refractivity contribution in [2.45, 2.75) is 44.4 Å². The van der Waals surface area contributed by atoms with E-state index < -0.39 is 0 Å². The molecule has 0 atom stereocenters. The molecule has 3 aliphatic rings. The van der Waals surface area contributed by atoms with Crippen LogP contribution in [0.4, 0.5) is 0 Å². The predicted octanol–water partition coefficient (Wildman–Crippen LogP) is 4.21. The molecule has 0 amide bonds. The molecule has 0 bridgehead atoms. The van der Waals surface area contributed by atoms with Gasteiger partial charge >= 0.3 is 0 Å². The van der Waals surface area contributed by atoms with Gasteiger partial charge in [0.2, 0.25) is 0 Å². The number of hydrogen-bond donors (Lipinski definition) is 1. The SMILES string of the molecule is O=C1CCCC2=C1C(c1cc(Br)cs1)C1=C(CCCC1=O)N2. The van der Waals surface area contributed by atoms with Crippen molar-refractivity contribution in [3.05, 3.63) is 43.3 Å². The van der Waals surface area contributed by atoms with Crippen molar-refractivity contribution in [3.8, 4) is 0 Å². The lowest BCUT2D eigenvalue weighted by Gasteiger charge is -2.36. The molecule has 0 radical (unpaired) electrons. The molecule has 3 nitrogen and oxygen atoms in total. The number of carbonyl (C=O) groups is 2. The molecular weight excluding hydrogens is 362 g/mol. The molecule has 5 heteroatoms. The Kier molecular flexibility index (Phi) is 3.57. The Morgan fingerprint density at radius 1 is 1.00 bits per heavy atom. The summed E-state index contributed by atoms with van der Waals surface area (Å²) in [6, 6.07) is 2.06. The Hall–Kier alpha value is -1.20. The molecule has 4 rings (SSSR count). The number of ketones is 2. The van der Waals surface area contributed by atoms with Crippen molar-refractivity contribution in [2.75, 3.05) is 0 Å². The van der Waals surface area contributed by atoms with Gasteiger partial charge in [0.05, 0.1) is 5.92 Å². The van der Waals surface area contributed by atoms with E-state index in [0.717, 1.165) is 57.6 Å². The number of dihydropyridines is 1. The van der Waals surface area contributed by atoms with Crippen LogP contribution in [0, 0.1) is 0 Å². The lowest BCUT2D eigenvalue weighted by Crippen LogP contribution is -2.35. The summed E-state index contributed by atoms with van der Waals surface area (Å²) in [7, 11) is 0. The van der Waals surface area contributed by atoms with Crippen LogP contribution in [0.15, 0.2) is 38.5 Å². The molecule has 2 aliphatic carbocycles. The highest BCUT2D eigenvalue weighted by Crippen LogP contribution is 2.46. The average Bonchev–Trinajstić information content (AvgIpc) is 2.92. The zero-order valence-electron chi connectivity index (χ0n) is 12.1. The van der Waals surface area contributed by atoms with Crippen LogP contribution in [-0.4, -0.2) is 11.6 Å². The van der Waals surface area contributed by atoms with Gasteiger partial charge in [-0.1, -0.05) is 0 Å². The molecule has 1 N–H and O–H groups in total. The van der Waals surface area contributed by atoms with E-state index in [1.54, 1.807) is 11.3 Å². The maximum atomic E-state index is 12.6. The molecule has 0 aromatic carbocycles. The van der Waals surface area contributed by atoms with E-state index in [-0.39, 0.29) is 17.5 Å². The van der Waals surface area contributed by atoms with Gasteiger partial charge in [0.15, 0.2) is 11.6 Å². The van der Waals surface area contributed by atoms with E-state index in [4.69, 9.17) is 0 Å². The summed E-state index contributed by atoms with van der Waals surface area (Å²) in [5.41, 5.74) is 3.79. The van der Waals surface area contributed by atoms with Crippen molar-refractivity contribution in [2.24, 2.45) is 0 Å². The standard InChI is InChI=1S/C17H16BrNO2S/c18-9-7-14(22-8-9)17-15-10(3-1-5-12(15)20)19-11-4-2-6-13(21)16(11)17/h7-8,17,19H,1-6H2. The number of rotatable bonds is 1. The summed E-state index contributed by atoms with van der Waals surface area (Å²) in [6.45, 7) is 0. The first-order chi connectivity index (χ1) is 10.6. The van der Waals surface area contributed by atoms with E-state index in [1.165, 1.54) is 0 Å². The monoisotopic (exact) mass is 377 g/mol. The highest BCUT2D eigenvalue weighted by molar-refractivity contribution is 9.10. The summed E-state index contributed by atoms with van der Waals surface area (Å²) >= 11 is 5.12. The first-order valence-corrected chi connectivity index (χ1v) is 9.36. The quantitative estimate of drug-likeness (QED) is 0.796. The maximum Gasteiger partial charge on any atom is 0.161 e. The molecular formula is C17H16BrNO2S. The molecule has 1 aromatic rings. The predicted molar refractivity (Wildman–Crippen MR) is 89.7 cm³/mol. The number of nitrogens with one attached hydrogen (secondary N) is 1. The summed E-state index contributed by atoms with van der Waals surface area (Å²) in [6.07, 6.45) is 4.83. The van der Waals surface area contributed by atoms with Crippen LogP contribution in [0.5, 0.6) is 0 Å². The molecule has 2 heterocycles. The number of hydrogen-bond acceptors (Lipinski definition) is 4. The number of carbonyl (C=O) groups excluding carboxylic acids is 2. The Bertz CT molecular complexity index is 702. The lowest BCUT2D eigenvalue weighted by atomic mass is 9.74. The normalized spacial score (nSPS) is 22.6. The Balaban J connectivity index is 1.91. The fourth-order valence-electron chi connectivity index (χ4n) is 3.75. The summed E-state index contributed by atoms with van der Waals surface area (Å²) in [4.78, 5) is 26.2. The summed E-state index contributed by atoms with van der Waals surface area (Å²) in [5.74, 6) is 0.254. The summed E-state index contributed by atoms with van der Waals surface area (Å²) < 4.78 is 1.02. The molecule has 0 spiro atoms. The third-order valence-corrected chi connectivity index (χ3v) is 6.42. The summed E-state index contributed by atoms with van der Waals surface area (Å²) in [5, 5.41) is 5.46. The van der Waals surface area contributed by atoms with Gasteiger partial charge in [-0.2, -0.15) is 0 Å². The van der Waals surface area contributed by atoms with Crippen molar-refractivity contribution in [3.63, 3.8) is 0 Å². The van der Waals surface area contributed by atoms with Crippen LogP contribution in [0.25, 0.3) is 0 Å². The van der Waals surface area contributed by atoms with Gasteiger partial charge in [-0.25, -0.2) is 0 Å². The second kappa shape index (κ2) is 5.46. The Labute approximate surface area is 141 Å². The van der Waals surface area contributed by atoms with Gasteiger partial charge in [0, 0.05) is 50.1 Å². The van der Waals surface area contributed by atoms with Crippen LogP contribution in [-0.2, 0) is 9.59 Å². The van der Waals surface area contributed by atoms with Crippen LogP contribution in [0.1, 0.15) is 49.3 Å². The number of thiophene rings is 1. The van der Waals surface area contributed by atoms with Gasteiger partial charge in [-0.3, -0.25) is 9.59 Å². The van der Waals surface area contributed by atoms with E-state index in [1.807, 2.05) is 5.38 Å². The minimum absolute atomic E-state index is 0.150. The third kappa shape index (κ3) is 2.22. The average molecular weight is 378 g/mol. The largest absolute Gasteiger partial charge is 0.362 e. The van der Waals surface area contributed by atoms with Crippen molar-refractivity contribution in [1.29, 1.82) is 0 Å². The highest BCUT2D eigenvalue weighted by atomic mass is 79.9. The second-order valence-electron chi connectivity index (χ2n) is 6.06.